The standard InChI is InChI=1S/C14H17NO2/c1-10-6-7-13(14(8-10)16-2)17-12-5-3-4-11(12)9-15/h6-8,11-12H,3-5H2,1-2H3. The number of aryl methyl sites for hydroxylation is 1. The van der Waals surface area contributed by atoms with Crippen LogP contribution in [-0.4, -0.2) is 13.2 Å². The summed E-state index contributed by atoms with van der Waals surface area (Å²) < 4.78 is 11.2. The van der Waals surface area contributed by atoms with E-state index in [0.717, 1.165) is 36.3 Å². The number of nitrogens with zero attached hydrogens (tertiary/aromatic N) is 1. The zero-order chi connectivity index (χ0) is 12.3. The van der Waals surface area contributed by atoms with Crippen molar-refractivity contribution >= 4 is 0 Å². The highest BCUT2D eigenvalue weighted by atomic mass is 16.5. The maximum absolute atomic E-state index is 9.02. The van der Waals surface area contributed by atoms with Gasteiger partial charge < -0.3 is 9.47 Å². The third-order valence-corrected chi connectivity index (χ3v) is 3.22. The molecule has 0 amide bonds. The second-order valence-corrected chi connectivity index (χ2v) is 4.48. The second-order valence-electron chi connectivity index (χ2n) is 4.48. The molecule has 0 spiro atoms. The summed E-state index contributed by atoms with van der Waals surface area (Å²) in [5.41, 5.74) is 1.14. The monoisotopic (exact) mass is 231 g/mol. The molecule has 2 atom stereocenters. The van der Waals surface area contributed by atoms with Crippen molar-refractivity contribution in [1.29, 1.82) is 5.26 Å². The van der Waals surface area contributed by atoms with E-state index in [1.807, 2.05) is 25.1 Å². The van der Waals surface area contributed by atoms with Crippen molar-refractivity contribution in [3.8, 4) is 17.6 Å². The van der Waals surface area contributed by atoms with Gasteiger partial charge in [0.25, 0.3) is 0 Å². The van der Waals surface area contributed by atoms with Gasteiger partial charge in [0.05, 0.1) is 19.1 Å². The molecule has 0 saturated heterocycles. The van der Waals surface area contributed by atoms with E-state index in [4.69, 9.17) is 14.7 Å². The Morgan fingerprint density at radius 1 is 1.29 bits per heavy atom. The van der Waals surface area contributed by atoms with Gasteiger partial charge in [0, 0.05) is 0 Å². The van der Waals surface area contributed by atoms with Crippen LogP contribution in [0.25, 0.3) is 0 Å². The normalized spacial score (nSPS) is 23.1. The molecule has 90 valence electrons. The van der Waals surface area contributed by atoms with E-state index < -0.39 is 0 Å². The largest absolute Gasteiger partial charge is 0.493 e. The summed E-state index contributed by atoms with van der Waals surface area (Å²) in [6.07, 6.45) is 2.97. The van der Waals surface area contributed by atoms with Crippen molar-refractivity contribution < 1.29 is 9.47 Å². The summed E-state index contributed by atoms with van der Waals surface area (Å²) in [5, 5.41) is 9.02. The molecule has 3 heteroatoms. The van der Waals surface area contributed by atoms with Gasteiger partial charge >= 0.3 is 0 Å². The Balaban J connectivity index is 2.16. The Hall–Kier alpha value is -1.69. The molecule has 1 aliphatic rings. The van der Waals surface area contributed by atoms with E-state index in [2.05, 4.69) is 6.07 Å². The lowest BCUT2D eigenvalue weighted by atomic mass is 10.1. The highest BCUT2D eigenvalue weighted by Crippen LogP contribution is 2.34. The summed E-state index contributed by atoms with van der Waals surface area (Å²) >= 11 is 0. The van der Waals surface area contributed by atoms with Crippen LogP contribution >= 0.6 is 0 Å². The van der Waals surface area contributed by atoms with Gasteiger partial charge in [-0.25, -0.2) is 0 Å². The lowest BCUT2D eigenvalue weighted by molar-refractivity contribution is 0.175. The summed E-state index contributed by atoms with van der Waals surface area (Å²) in [6.45, 7) is 2.01. The highest BCUT2D eigenvalue weighted by molar-refractivity contribution is 5.42. The van der Waals surface area contributed by atoms with Crippen LogP contribution in [0.5, 0.6) is 11.5 Å². The minimum atomic E-state index is 0.0107. The van der Waals surface area contributed by atoms with Gasteiger partial charge in [-0.05, 0) is 43.9 Å². The van der Waals surface area contributed by atoms with Crippen LogP contribution in [0, 0.1) is 24.2 Å². The molecule has 1 aromatic rings. The molecule has 0 heterocycles. The average Bonchev–Trinajstić information content (AvgIpc) is 2.78. The first-order valence-electron chi connectivity index (χ1n) is 5.95. The first kappa shape index (κ1) is 11.8. The Kier molecular flexibility index (Phi) is 3.53. The number of hydrogen-bond donors (Lipinski definition) is 0. The molecule has 1 aliphatic carbocycles. The Morgan fingerprint density at radius 3 is 2.82 bits per heavy atom. The van der Waals surface area contributed by atoms with Crippen LogP contribution in [-0.2, 0) is 0 Å². The van der Waals surface area contributed by atoms with Gasteiger partial charge in [0.1, 0.15) is 6.10 Å². The quantitative estimate of drug-likeness (QED) is 0.802. The molecule has 2 unspecified atom stereocenters. The summed E-state index contributed by atoms with van der Waals surface area (Å²) in [6, 6.07) is 8.18. The summed E-state index contributed by atoms with van der Waals surface area (Å²) in [4.78, 5) is 0. The first-order valence-corrected chi connectivity index (χ1v) is 5.95. The Labute approximate surface area is 102 Å². The SMILES string of the molecule is COc1cc(C)ccc1OC1CCCC1C#N. The van der Waals surface area contributed by atoms with E-state index in [9.17, 15) is 0 Å². The molecule has 2 rings (SSSR count). The topological polar surface area (TPSA) is 42.2 Å². The number of methoxy groups -OCH3 is 1. The molecule has 1 saturated carbocycles. The predicted octanol–water partition coefficient (Wildman–Crippen LogP) is 3.07. The third-order valence-electron chi connectivity index (χ3n) is 3.22. The van der Waals surface area contributed by atoms with Crippen molar-refractivity contribution in [2.24, 2.45) is 5.92 Å². The highest BCUT2D eigenvalue weighted by Gasteiger charge is 2.29. The maximum Gasteiger partial charge on any atom is 0.161 e. The number of hydrogen-bond acceptors (Lipinski definition) is 3. The Bertz CT molecular complexity index is 436. The maximum atomic E-state index is 9.02. The molecule has 0 radical (unpaired) electrons. The summed E-state index contributed by atoms with van der Waals surface area (Å²) in [7, 11) is 1.64. The number of nitriles is 1. The minimum absolute atomic E-state index is 0.0107. The van der Waals surface area contributed by atoms with Gasteiger partial charge in [-0.2, -0.15) is 5.26 Å². The van der Waals surface area contributed by atoms with Crippen LogP contribution in [0.15, 0.2) is 18.2 Å². The molecular weight excluding hydrogens is 214 g/mol. The zero-order valence-corrected chi connectivity index (χ0v) is 10.3. The molecule has 0 aromatic heterocycles. The second kappa shape index (κ2) is 5.09. The van der Waals surface area contributed by atoms with E-state index in [-0.39, 0.29) is 12.0 Å². The fourth-order valence-corrected chi connectivity index (χ4v) is 2.25. The predicted molar refractivity (Wildman–Crippen MR) is 65.1 cm³/mol. The molecule has 0 N–H and O–H groups in total. The van der Waals surface area contributed by atoms with E-state index in [1.165, 1.54) is 0 Å². The van der Waals surface area contributed by atoms with Gasteiger partial charge in [-0.1, -0.05) is 6.07 Å². The van der Waals surface area contributed by atoms with Crippen molar-refractivity contribution in [3.05, 3.63) is 23.8 Å². The van der Waals surface area contributed by atoms with Gasteiger partial charge in [-0.3, -0.25) is 0 Å². The molecule has 1 fully saturated rings. The average molecular weight is 231 g/mol. The molecular formula is C14H17NO2. The van der Waals surface area contributed by atoms with Crippen LogP contribution in [0.4, 0.5) is 0 Å². The number of benzene rings is 1. The lowest BCUT2D eigenvalue weighted by Crippen LogP contribution is -2.20. The number of rotatable bonds is 3. The number of ether oxygens (including phenoxy) is 2. The fraction of sp³-hybridized carbons (Fsp3) is 0.500. The van der Waals surface area contributed by atoms with Gasteiger partial charge in [0.15, 0.2) is 11.5 Å². The lowest BCUT2D eigenvalue weighted by Gasteiger charge is -2.18. The molecule has 17 heavy (non-hydrogen) atoms. The smallest absolute Gasteiger partial charge is 0.161 e. The van der Waals surface area contributed by atoms with Crippen LogP contribution in [0.2, 0.25) is 0 Å². The first-order chi connectivity index (χ1) is 8.24. The van der Waals surface area contributed by atoms with E-state index >= 15 is 0 Å². The van der Waals surface area contributed by atoms with E-state index in [0.29, 0.717) is 0 Å². The van der Waals surface area contributed by atoms with Crippen LogP contribution in [0.1, 0.15) is 24.8 Å². The van der Waals surface area contributed by atoms with Gasteiger partial charge in [-0.15, -0.1) is 0 Å². The van der Waals surface area contributed by atoms with Gasteiger partial charge in [0.2, 0.25) is 0 Å². The molecule has 1 aromatic carbocycles. The Morgan fingerprint density at radius 2 is 2.12 bits per heavy atom. The van der Waals surface area contributed by atoms with Crippen LogP contribution in [0.3, 0.4) is 0 Å². The molecule has 0 bridgehead atoms. The molecule has 0 aliphatic heterocycles. The zero-order valence-electron chi connectivity index (χ0n) is 10.3. The fourth-order valence-electron chi connectivity index (χ4n) is 2.25. The summed E-state index contributed by atoms with van der Waals surface area (Å²) in [5.74, 6) is 1.50. The van der Waals surface area contributed by atoms with Crippen molar-refractivity contribution in [1.82, 2.24) is 0 Å². The third kappa shape index (κ3) is 2.52. The minimum Gasteiger partial charge on any atom is -0.493 e. The van der Waals surface area contributed by atoms with Crippen LogP contribution < -0.4 is 9.47 Å². The van der Waals surface area contributed by atoms with E-state index in [1.54, 1.807) is 7.11 Å². The van der Waals surface area contributed by atoms with Crippen molar-refractivity contribution in [2.75, 3.05) is 7.11 Å². The van der Waals surface area contributed by atoms with Crippen molar-refractivity contribution in [2.45, 2.75) is 32.3 Å². The van der Waals surface area contributed by atoms with Crippen molar-refractivity contribution in [3.63, 3.8) is 0 Å². The molecule has 3 nitrogen and oxygen atoms in total.